The van der Waals surface area contributed by atoms with Crippen LogP contribution in [0.25, 0.3) is 0 Å². The summed E-state index contributed by atoms with van der Waals surface area (Å²) in [6.07, 6.45) is 1.37. The standard InChI is InChI=1S/C13H10Cl2N4/c1-19(11-5-3-2-4-9(11)7-16)13-10(6-14)12(15)17-8-18-13/h2-5,8H,6H2,1H3. The lowest BCUT2D eigenvalue weighted by atomic mass is 10.1. The fourth-order valence-electron chi connectivity index (χ4n) is 1.76. The van der Waals surface area contributed by atoms with Crippen LogP contribution in [0.2, 0.25) is 5.15 Å². The van der Waals surface area contributed by atoms with Crippen LogP contribution < -0.4 is 4.90 Å². The predicted molar refractivity (Wildman–Crippen MR) is 75.8 cm³/mol. The number of nitrogens with zero attached hydrogens (tertiary/aromatic N) is 4. The fraction of sp³-hybridized carbons (Fsp3) is 0.154. The van der Waals surface area contributed by atoms with Crippen molar-refractivity contribution in [1.82, 2.24) is 9.97 Å². The van der Waals surface area contributed by atoms with Gasteiger partial charge in [-0.25, -0.2) is 9.97 Å². The fourth-order valence-corrected chi connectivity index (χ4v) is 2.27. The Morgan fingerprint density at radius 3 is 2.74 bits per heavy atom. The van der Waals surface area contributed by atoms with Crippen molar-refractivity contribution in [1.29, 1.82) is 5.26 Å². The summed E-state index contributed by atoms with van der Waals surface area (Å²) in [6.45, 7) is 0. The first kappa shape index (κ1) is 13.6. The van der Waals surface area contributed by atoms with Crippen LogP contribution in [0.3, 0.4) is 0 Å². The van der Waals surface area contributed by atoms with Crippen LogP contribution >= 0.6 is 23.2 Å². The number of rotatable bonds is 3. The maximum atomic E-state index is 9.13. The summed E-state index contributed by atoms with van der Waals surface area (Å²) in [5.41, 5.74) is 1.94. The largest absolute Gasteiger partial charge is 0.328 e. The Bertz CT molecular complexity index is 637. The Morgan fingerprint density at radius 1 is 1.32 bits per heavy atom. The maximum absolute atomic E-state index is 9.13. The first-order valence-corrected chi connectivity index (χ1v) is 6.38. The Kier molecular flexibility index (Phi) is 4.20. The van der Waals surface area contributed by atoms with Gasteiger partial charge in [-0.05, 0) is 12.1 Å². The normalized spacial score (nSPS) is 10.0. The van der Waals surface area contributed by atoms with E-state index in [4.69, 9.17) is 28.5 Å². The Labute approximate surface area is 121 Å². The van der Waals surface area contributed by atoms with Gasteiger partial charge in [-0.2, -0.15) is 5.26 Å². The SMILES string of the molecule is CN(c1ccccc1C#N)c1ncnc(Cl)c1CCl. The van der Waals surface area contributed by atoms with Crippen LogP contribution in [0.15, 0.2) is 30.6 Å². The third-order valence-electron chi connectivity index (χ3n) is 2.71. The van der Waals surface area contributed by atoms with Crippen LogP contribution in [0.5, 0.6) is 0 Å². The second kappa shape index (κ2) is 5.87. The van der Waals surface area contributed by atoms with E-state index in [1.165, 1.54) is 6.33 Å². The van der Waals surface area contributed by atoms with Crippen molar-refractivity contribution < 1.29 is 0 Å². The zero-order valence-electron chi connectivity index (χ0n) is 10.1. The first-order valence-electron chi connectivity index (χ1n) is 5.47. The highest BCUT2D eigenvalue weighted by molar-refractivity contribution is 6.31. The lowest BCUT2D eigenvalue weighted by Crippen LogP contribution is -2.15. The molecule has 0 spiro atoms. The minimum Gasteiger partial charge on any atom is -0.328 e. The van der Waals surface area contributed by atoms with Crippen molar-refractivity contribution in [2.75, 3.05) is 11.9 Å². The van der Waals surface area contributed by atoms with Crippen molar-refractivity contribution in [3.63, 3.8) is 0 Å². The summed E-state index contributed by atoms with van der Waals surface area (Å²) in [5, 5.41) is 9.45. The van der Waals surface area contributed by atoms with Crippen molar-refractivity contribution in [3.8, 4) is 6.07 Å². The minimum atomic E-state index is 0.202. The van der Waals surface area contributed by atoms with Crippen LogP contribution in [-0.2, 0) is 5.88 Å². The van der Waals surface area contributed by atoms with E-state index in [1.54, 1.807) is 11.0 Å². The Balaban J connectivity index is 2.54. The highest BCUT2D eigenvalue weighted by Crippen LogP contribution is 2.30. The van der Waals surface area contributed by atoms with Crippen molar-refractivity contribution in [2.24, 2.45) is 0 Å². The molecule has 0 amide bonds. The van der Waals surface area contributed by atoms with Gasteiger partial charge in [0.15, 0.2) is 0 Å². The zero-order valence-corrected chi connectivity index (χ0v) is 11.7. The second-order valence-electron chi connectivity index (χ2n) is 3.79. The van der Waals surface area contributed by atoms with Crippen LogP contribution in [0.1, 0.15) is 11.1 Å². The molecular formula is C13H10Cl2N4. The van der Waals surface area contributed by atoms with Crippen molar-refractivity contribution in [3.05, 3.63) is 46.9 Å². The highest BCUT2D eigenvalue weighted by atomic mass is 35.5. The molecule has 0 N–H and O–H groups in total. The quantitative estimate of drug-likeness (QED) is 0.642. The lowest BCUT2D eigenvalue weighted by molar-refractivity contribution is 1.04. The van der Waals surface area contributed by atoms with Crippen LogP contribution in [-0.4, -0.2) is 17.0 Å². The average Bonchev–Trinajstić information content (AvgIpc) is 2.46. The predicted octanol–water partition coefficient (Wildman–Crippen LogP) is 3.51. The molecule has 0 aliphatic rings. The molecular weight excluding hydrogens is 283 g/mol. The van der Waals surface area contributed by atoms with Gasteiger partial charge in [-0.1, -0.05) is 23.7 Å². The molecule has 0 fully saturated rings. The number of alkyl halides is 1. The lowest BCUT2D eigenvalue weighted by Gasteiger charge is -2.21. The second-order valence-corrected chi connectivity index (χ2v) is 4.41. The molecule has 96 valence electrons. The number of anilines is 2. The molecule has 0 unspecified atom stereocenters. The molecule has 0 bridgehead atoms. The van der Waals surface area contributed by atoms with E-state index < -0.39 is 0 Å². The summed E-state index contributed by atoms with van der Waals surface area (Å²) in [6, 6.07) is 9.40. The molecule has 1 aromatic carbocycles. The number of halogens is 2. The average molecular weight is 293 g/mol. The van der Waals surface area contributed by atoms with Crippen LogP contribution in [0, 0.1) is 11.3 Å². The smallest absolute Gasteiger partial charge is 0.142 e. The summed E-state index contributed by atoms with van der Waals surface area (Å²) < 4.78 is 0. The molecule has 6 heteroatoms. The monoisotopic (exact) mass is 292 g/mol. The van der Waals surface area contributed by atoms with Crippen molar-refractivity contribution >= 4 is 34.7 Å². The maximum Gasteiger partial charge on any atom is 0.142 e. The molecule has 0 atom stereocenters. The molecule has 0 saturated carbocycles. The molecule has 0 saturated heterocycles. The summed E-state index contributed by atoms with van der Waals surface area (Å²) in [7, 11) is 1.81. The Morgan fingerprint density at radius 2 is 2.05 bits per heavy atom. The number of benzene rings is 1. The molecule has 1 aromatic heterocycles. The number of hydrogen-bond acceptors (Lipinski definition) is 4. The number of para-hydroxylation sites is 1. The van der Waals surface area contributed by atoms with Gasteiger partial charge in [0.2, 0.25) is 0 Å². The van der Waals surface area contributed by atoms with E-state index in [9.17, 15) is 0 Å². The summed E-state index contributed by atoms with van der Waals surface area (Å²) in [5.74, 6) is 0.798. The van der Waals surface area contributed by atoms with Gasteiger partial charge >= 0.3 is 0 Å². The van der Waals surface area contributed by atoms with Gasteiger partial charge < -0.3 is 4.90 Å². The molecule has 1 heterocycles. The van der Waals surface area contributed by atoms with E-state index >= 15 is 0 Å². The van der Waals surface area contributed by atoms with Crippen molar-refractivity contribution in [2.45, 2.75) is 5.88 Å². The Hall–Kier alpha value is -1.83. The molecule has 19 heavy (non-hydrogen) atoms. The van der Waals surface area contributed by atoms with E-state index in [-0.39, 0.29) is 5.88 Å². The minimum absolute atomic E-state index is 0.202. The van der Waals surface area contributed by atoms with Gasteiger partial charge in [0.25, 0.3) is 0 Å². The number of aromatic nitrogens is 2. The van der Waals surface area contributed by atoms with Gasteiger partial charge in [0.05, 0.1) is 17.1 Å². The first-order chi connectivity index (χ1) is 9.19. The topological polar surface area (TPSA) is 52.8 Å². The van der Waals surface area contributed by atoms with Gasteiger partial charge in [-0.3, -0.25) is 0 Å². The summed E-state index contributed by atoms with van der Waals surface area (Å²) in [4.78, 5) is 9.89. The van der Waals surface area contributed by atoms with Gasteiger partial charge in [0, 0.05) is 12.6 Å². The molecule has 2 rings (SSSR count). The molecule has 0 aliphatic heterocycles. The van der Waals surface area contributed by atoms with E-state index in [2.05, 4.69) is 16.0 Å². The number of nitriles is 1. The molecule has 2 aromatic rings. The van der Waals surface area contributed by atoms with Gasteiger partial charge in [0.1, 0.15) is 23.4 Å². The molecule has 0 aliphatic carbocycles. The third-order valence-corrected chi connectivity index (χ3v) is 3.30. The van der Waals surface area contributed by atoms with E-state index in [0.29, 0.717) is 22.1 Å². The molecule has 4 nitrogen and oxygen atoms in total. The highest BCUT2D eigenvalue weighted by Gasteiger charge is 2.16. The summed E-state index contributed by atoms with van der Waals surface area (Å²) >= 11 is 11.9. The van der Waals surface area contributed by atoms with Crippen LogP contribution in [0.4, 0.5) is 11.5 Å². The zero-order chi connectivity index (χ0) is 13.8. The third kappa shape index (κ3) is 2.62. The molecule has 0 radical (unpaired) electrons. The van der Waals surface area contributed by atoms with E-state index in [0.717, 1.165) is 5.69 Å². The number of hydrogen-bond donors (Lipinski definition) is 0. The van der Waals surface area contributed by atoms with Gasteiger partial charge in [-0.15, -0.1) is 11.6 Å². The van der Waals surface area contributed by atoms with E-state index in [1.807, 2.05) is 25.2 Å².